The highest BCUT2D eigenvalue weighted by molar-refractivity contribution is 7.09. The van der Waals surface area contributed by atoms with Gasteiger partial charge in [-0.25, -0.2) is 4.98 Å². The first kappa shape index (κ1) is 15.4. The first-order chi connectivity index (χ1) is 9.70. The van der Waals surface area contributed by atoms with E-state index in [-0.39, 0.29) is 11.9 Å². The van der Waals surface area contributed by atoms with Gasteiger partial charge in [-0.3, -0.25) is 4.79 Å². The van der Waals surface area contributed by atoms with Gasteiger partial charge in [-0.05, 0) is 32.2 Å². The molecule has 4 nitrogen and oxygen atoms in total. The normalized spacial score (nSPS) is 18.5. The molecule has 1 aromatic rings. The minimum absolute atomic E-state index is 0.0405. The van der Waals surface area contributed by atoms with Crippen molar-refractivity contribution in [2.45, 2.75) is 57.9 Å². The average Bonchev–Trinajstić information content (AvgIpc) is 2.73. The lowest BCUT2D eigenvalue weighted by molar-refractivity contribution is 0.0919. The summed E-state index contributed by atoms with van der Waals surface area (Å²) in [4.78, 5) is 16.5. The van der Waals surface area contributed by atoms with E-state index in [9.17, 15) is 4.79 Å². The molecule has 0 spiro atoms. The molecule has 1 atom stereocenters. The van der Waals surface area contributed by atoms with Gasteiger partial charge in [0.2, 0.25) is 0 Å². The third-order valence-corrected chi connectivity index (χ3v) is 5.02. The molecule has 0 bridgehead atoms. The van der Waals surface area contributed by atoms with Gasteiger partial charge in [0.25, 0.3) is 5.91 Å². The van der Waals surface area contributed by atoms with Crippen LogP contribution in [0.15, 0.2) is 5.38 Å². The standard InChI is InChI=1S/C15H25N3OS/c1-11(12-6-4-2-3-5-7-12)17-15(19)13-10-20-14(18-13)8-9-16/h10-12H,2-9,16H2,1H3,(H,17,19)/t11-/m0/s1. The van der Waals surface area contributed by atoms with E-state index >= 15 is 0 Å². The van der Waals surface area contributed by atoms with Crippen LogP contribution in [0, 0.1) is 5.92 Å². The molecular formula is C15H25N3OS. The molecule has 0 saturated heterocycles. The third kappa shape index (κ3) is 4.28. The van der Waals surface area contributed by atoms with Crippen molar-refractivity contribution in [2.24, 2.45) is 11.7 Å². The molecule has 0 radical (unpaired) electrons. The Hall–Kier alpha value is -0.940. The van der Waals surface area contributed by atoms with Crippen molar-refractivity contribution >= 4 is 17.2 Å². The van der Waals surface area contributed by atoms with Crippen molar-refractivity contribution in [3.8, 4) is 0 Å². The maximum Gasteiger partial charge on any atom is 0.270 e. The minimum Gasteiger partial charge on any atom is -0.348 e. The van der Waals surface area contributed by atoms with E-state index in [4.69, 9.17) is 5.73 Å². The fraction of sp³-hybridized carbons (Fsp3) is 0.733. The van der Waals surface area contributed by atoms with E-state index in [1.807, 2.05) is 5.38 Å². The summed E-state index contributed by atoms with van der Waals surface area (Å²) < 4.78 is 0. The highest BCUT2D eigenvalue weighted by atomic mass is 32.1. The number of hydrogen-bond acceptors (Lipinski definition) is 4. The maximum absolute atomic E-state index is 12.2. The average molecular weight is 295 g/mol. The molecule has 1 aliphatic rings. The molecule has 1 saturated carbocycles. The fourth-order valence-corrected chi connectivity index (χ4v) is 3.66. The van der Waals surface area contributed by atoms with Crippen molar-refractivity contribution in [1.29, 1.82) is 0 Å². The zero-order chi connectivity index (χ0) is 14.4. The Morgan fingerprint density at radius 3 is 2.80 bits per heavy atom. The molecule has 1 aliphatic carbocycles. The number of aromatic nitrogens is 1. The van der Waals surface area contributed by atoms with Crippen molar-refractivity contribution < 1.29 is 4.79 Å². The van der Waals surface area contributed by atoms with E-state index in [0.717, 1.165) is 11.4 Å². The Morgan fingerprint density at radius 2 is 2.15 bits per heavy atom. The van der Waals surface area contributed by atoms with Crippen molar-refractivity contribution in [3.63, 3.8) is 0 Å². The lowest BCUT2D eigenvalue weighted by Gasteiger charge is -2.23. The third-order valence-electron chi connectivity index (χ3n) is 4.11. The molecule has 1 heterocycles. The molecule has 1 fully saturated rings. The largest absolute Gasteiger partial charge is 0.348 e. The molecule has 1 aromatic heterocycles. The number of nitrogens with one attached hydrogen (secondary N) is 1. The topological polar surface area (TPSA) is 68.0 Å². The van der Waals surface area contributed by atoms with Gasteiger partial charge >= 0.3 is 0 Å². The molecule has 3 N–H and O–H groups in total. The smallest absolute Gasteiger partial charge is 0.270 e. The van der Waals surface area contributed by atoms with Crippen LogP contribution >= 0.6 is 11.3 Å². The number of carbonyl (C=O) groups is 1. The predicted octanol–water partition coefficient (Wildman–Crippen LogP) is 2.73. The number of nitrogens with two attached hydrogens (primary N) is 1. The SMILES string of the molecule is C[C@H](NC(=O)c1csc(CCN)n1)C1CCCCCC1. The molecule has 1 amide bonds. The fourth-order valence-electron chi connectivity index (χ4n) is 2.86. The Morgan fingerprint density at radius 1 is 1.45 bits per heavy atom. The van der Waals surface area contributed by atoms with E-state index in [2.05, 4.69) is 17.2 Å². The van der Waals surface area contributed by atoms with Gasteiger partial charge < -0.3 is 11.1 Å². The lowest BCUT2D eigenvalue weighted by atomic mass is 9.93. The van der Waals surface area contributed by atoms with E-state index in [1.54, 1.807) is 0 Å². The summed E-state index contributed by atoms with van der Waals surface area (Å²) in [7, 11) is 0. The molecule has 2 rings (SSSR count). The number of nitrogens with zero attached hydrogens (tertiary/aromatic N) is 1. The van der Waals surface area contributed by atoms with Gasteiger partial charge in [0, 0.05) is 17.8 Å². The first-order valence-corrected chi connectivity index (χ1v) is 8.54. The summed E-state index contributed by atoms with van der Waals surface area (Å²) in [6.07, 6.45) is 8.48. The Balaban J connectivity index is 1.88. The molecular weight excluding hydrogens is 270 g/mol. The Bertz CT molecular complexity index is 425. The van der Waals surface area contributed by atoms with Crippen molar-refractivity contribution in [2.75, 3.05) is 6.54 Å². The van der Waals surface area contributed by atoms with E-state index in [1.165, 1.54) is 49.9 Å². The number of hydrogen-bond donors (Lipinski definition) is 2. The second-order valence-electron chi connectivity index (χ2n) is 5.68. The number of thiazole rings is 1. The highest BCUT2D eigenvalue weighted by Gasteiger charge is 2.21. The van der Waals surface area contributed by atoms with Crippen LogP contribution in [-0.4, -0.2) is 23.5 Å². The van der Waals surface area contributed by atoms with Crippen LogP contribution < -0.4 is 11.1 Å². The predicted molar refractivity (Wildman–Crippen MR) is 83.0 cm³/mol. The monoisotopic (exact) mass is 295 g/mol. The summed E-state index contributed by atoms with van der Waals surface area (Å²) in [5, 5.41) is 5.90. The van der Waals surface area contributed by atoms with Gasteiger partial charge in [-0.1, -0.05) is 25.7 Å². The lowest BCUT2D eigenvalue weighted by Crippen LogP contribution is -2.38. The first-order valence-electron chi connectivity index (χ1n) is 7.66. The molecule has 0 aromatic carbocycles. The van der Waals surface area contributed by atoms with Crippen molar-refractivity contribution in [3.05, 3.63) is 16.1 Å². The second-order valence-corrected chi connectivity index (χ2v) is 6.62. The van der Waals surface area contributed by atoms with Crippen LogP contribution in [0.2, 0.25) is 0 Å². The molecule has 20 heavy (non-hydrogen) atoms. The summed E-state index contributed by atoms with van der Waals surface area (Å²) in [5.74, 6) is 0.574. The molecule has 5 heteroatoms. The van der Waals surface area contributed by atoms with E-state index < -0.39 is 0 Å². The van der Waals surface area contributed by atoms with Gasteiger partial charge in [0.1, 0.15) is 5.69 Å². The zero-order valence-corrected chi connectivity index (χ0v) is 13.0. The van der Waals surface area contributed by atoms with Crippen LogP contribution in [0.4, 0.5) is 0 Å². The highest BCUT2D eigenvalue weighted by Crippen LogP contribution is 2.25. The zero-order valence-electron chi connectivity index (χ0n) is 12.2. The van der Waals surface area contributed by atoms with Gasteiger partial charge in [0.05, 0.1) is 5.01 Å². The Labute approximate surface area is 125 Å². The van der Waals surface area contributed by atoms with Crippen LogP contribution in [0.25, 0.3) is 0 Å². The summed E-state index contributed by atoms with van der Waals surface area (Å²) in [5.41, 5.74) is 6.05. The van der Waals surface area contributed by atoms with Crippen LogP contribution in [0.3, 0.4) is 0 Å². The Kier molecular flexibility index (Phi) is 5.98. The van der Waals surface area contributed by atoms with E-state index in [0.29, 0.717) is 18.2 Å². The van der Waals surface area contributed by atoms with Gasteiger partial charge in [-0.15, -0.1) is 11.3 Å². The number of amides is 1. The van der Waals surface area contributed by atoms with Crippen LogP contribution in [-0.2, 0) is 6.42 Å². The number of rotatable bonds is 5. The van der Waals surface area contributed by atoms with Gasteiger partial charge in [0.15, 0.2) is 0 Å². The molecule has 0 unspecified atom stereocenters. The quantitative estimate of drug-likeness (QED) is 0.821. The molecule has 112 valence electrons. The summed E-state index contributed by atoms with van der Waals surface area (Å²) >= 11 is 1.52. The molecule has 0 aliphatic heterocycles. The van der Waals surface area contributed by atoms with Gasteiger partial charge in [-0.2, -0.15) is 0 Å². The summed E-state index contributed by atoms with van der Waals surface area (Å²) in [6, 6.07) is 0.236. The number of carbonyl (C=O) groups excluding carboxylic acids is 1. The minimum atomic E-state index is -0.0405. The van der Waals surface area contributed by atoms with Crippen LogP contribution in [0.1, 0.15) is 60.9 Å². The maximum atomic E-state index is 12.2. The van der Waals surface area contributed by atoms with Crippen molar-refractivity contribution in [1.82, 2.24) is 10.3 Å². The second kappa shape index (κ2) is 7.74. The van der Waals surface area contributed by atoms with Crippen LogP contribution in [0.5, 0.6) is 0 Å². The summed E-state index contributed by atoms with van der Waals surface area (Å²) in [6.45, 7) is 2.70.